The van der Waals surface area contributed by atoms with E-state index < -0.39 is 17.9 Å². The van der Waals surface area contributed by atoms with Gasteiger partial charge in [0.2, 0.25) is 0 Å². The van der Waals surface area contributed by atoms with Gasteiger partial charge >= 0.3 is 11.9 Å². The first-order valence-electron chi connectivity index (χ1n) is 5.97. The first-order valence-corrected chi connectivity index (χ1v) is 5.97. The number of hydrogen-bond acceptors (Lipinski definition) is 4. The lowest BCUT2D eigenvalue weighted by Crippen LogP contribution is -2.20. The Morgan fingerprint density at radius 3 is 2.81 bits per heavy atom. The third-order valence-electron chi connectivity index (χ3n) is 2.93. The summed E-state index contributed by atoms with van der Waals surface area (Å²) in [5.41, 5.74) is 0. The van der Waals surface area contributed by atoms with Gasteiger partial charge in [0.1, 0.15) is 6.10 Å². The maximum Gasteiger partial charge on any atom is 0.320 e. The van der Waals surface area contributed by atoms with Crippen molar-refractivity contribution in [3.05, 3.63) is 0 Å². The quantitative estimate of drug-likeness (QED) is 0.396. The van der Waals surface area contributed by atoms with Gasteiger partial charge in [-0.1, -0.05) is 26.2 Å². The molecule has 0 N–H and O–H groups in total. The summed E-state index contributed by atoms with van der Waals surface area (Å²) >= 11 is 0. The Morgan fingerprint density at radius 2 is 2.19 bits per heavy atom. The summed E-state index contributed by atoms with van der Waals surface area (Å²) in [6, 6.07) is 0. The molecule has 0 aromatic heterocycles. The lowest BCUT2D eigenvalue weighted by atomic mass is 10.0. The number of carbonyl (C=O) groups excluding carboxylic acids is 2. The van der Waals surface area contributed by atoms with E-state index >= 15 is 0 Å². The summed E-state index contributed by atoms with van der Waals surface area (Å²) < 4.78 is 9.69. The van der Waals surface area contributed by atoms with Gasteiger partial charge in [0, 0.05) is 6.42 Å². The van der Waals surface area contributed by atoms with Crippen LogP contribution in [0.25, 0.3) is 0 Å². The normalized spacial score (nSPS) is 24.2. The first-order chi connectivity index (χ1) is 7.69. The Labute approximate surface area is 96.3 Å². The average molecular weight is 228 g/mol. The van der Waals surface area contributed by atoms with Crippen molar-refractivity contribution in [2.45, 2.75) is 51.6 Å². The standard InChI is InChI=1S/C12H20O4/c1-3-4-5-6-7-9-8-10(11(13)15-2)12(14)16-9/h9-10H,3-8H2,1-2H3. The molecular weight excluding hydrogens is 208 g/mol. The fraction of sp³-hybridized carbons (Fsp3) is 0.833. The van der Waals surface area contributed by atoms with Gasteiger partial charge in [0.25, 0.3) is 0 Å². The molecule has 16 heavy (non-hydrogen) atoms. The predicted octanol–water partition coefficient (Wildman–Crippen LogP) is 2.06. The fourth-order valence-electron chi connectivity index (χ4n) is 1.96. The number of cyclic esters (lactones) is 1. The molecule has 2 atom stereocenters. The van der Waals surface area contributed by atoms with Crippen molar-refractivity contribution in [1.82, 2.24) is 0 Å². The molecule has 0 aromatic rings. The molecule has 4 nitrogen and oxygen atoms in total. The number of esters is 2. The molecule has 1 fully saturated rings. The number of unbranched alkanes of at least 4 members (excludes halogenated alkanes) is 3. The van der Waals surface area contributed by atoms with Crippen molar-refractivity contribution in [3.8, 4) is 0 Å². The number of methoxy groups -OCH3 is 1. The van der Waals surface area contributed by atoms with Crippen LogP contribution in [-0.4, -0.2) is 25.2 Å². The molecule has 1 heterocycles. The Bertz CT molecular complexity index is 249. The van der Waals surface area contributed by atoms with E-state index in [2.05, 4.69) is 11.7 Å². The Kier molecular flexibility index (Phi) is 5.29. The molecule has 92 valence electrons. The molecule has 1 aliphatic heterocycles. The third kappa shape index (κ3) is 3.51. The van der Waals surface area contributed by atoms with Crippen molar-refractivity contribution < 1.29 is 19.1 Å². The zero-order valence-electron chi connectivity index (χ0n) is 10.0. The van der Waals surface area contributed by atoms with Crippen LogP contribution in [0.3, 0.4) is 0 Å². The molecule has 1 rings (SSSR count). The summed E-state index contributed by atoms with van der Waals surface area (Å²) in [6.07, 6.45) is 5.87. The average Bonchev–Trinajstić information content (AvgIpc) is 2.65. The molecule has 1 saturated heterocycles. The van der Waals surface area contributed by atoms with Crippen LogP contribution in [0.15, 0.2) is 0 Å². The second-order valence-electron chi connectivity index (χ2n) is 4.22. The van der Waals surface area contributed by atoms with Gasteiger partial charge in [-0.05, 0) is 12.8 Å². The molecule has 0 saturated carbocycles. The maximum absolute atomic E-state index is 11.4. The van der Waals surface area contributed by atoms with E-state index in [1.165, 1.54) is 20.0 Å². The Hall–Kier alpha value is -1.06. The number of rotatable bonds is 6. The molecule has 0 radical (unpaired) electrons. The van der Waals surface area contributed by atoms with Crippen molar-refractivity contribution in [2.24, 2.45) is 5.92 Å². The van der Waals surface area contributed by atoms with Crippen LogP contribution in [0.5, 0.6) is 0 Å². The van der Waals surface area contributed by atoms with Crippen molar-refractivity contribution in [3.63, 3.8) is 0 Å². The van der Waals surface area contributed by atoms with Crippen LogP contribution in [0.4, 0.5) is 0 Å². The van der Waals surface area contributed by atoms with Crippen LogP contribution in [0.1, 0.15) is 45.4 Å². The van der Waals surface area contributed by atoms with Crippen LogP contribution in [-0.2, 0) is 19.1 Å². The van der Waals surface area contributed by atoms with Gasteiger partial charge in [-0.15, -0.1) is 0 Å². The van der Waals surface area contributed by atoms with Crippen molar-refractivity contribution >= 4 is 11.9 Å². The van der Waals surface area contributed by atoms with Crippen molar-refractivity contribution in [2.75, 3.05) is 7.11 Å². The molecular formula is C12H20O4. The van der Waals surface area contributed by atoms with E-state index in [-0.39, 0.29) is 6.10 Å². The van der Waals surface area contributed by atoms with Gasteiger partial charge in [-0.3, -0.25) is 9.59 Å². The Balaban J connectivity index is 2.27. The topological polar surface area (TPSA) is 52.6 Å². The highest BCUT2D eigenvalue weighted by atomic mass is 16.6. The third-order valence-corrected chi connectivity index (χ3v) is 2.93. The van der Waals surface area contributed by atoms with E-state index in [1.54, 1.807) is 0 Å². The van der Waals surface area contributed by atoms with E-state index in [9.17, 15) is 9.59 Å². The Morgan fingerprint density at radius 1 is 1.44 bits per heavy atom. The second kappa shape index (κ2) is 6.51. The van der Waals surface area contributed by atoms with E-state index in [0.717, 1.165) is 19.3 Å². The molecule has 0 bridgehead atoms. The molecule has 0 aromatic carbocycles. The summed E-state index contributed by atoms with van der Waals surface area (Å²) in [5, 5.41) is 0. The molecule has 2 unspecified atom stereocenters. The number of ether oxygens (including phenoxy) is 2. The minimum Gasteiger partial charge on any atom is -0.468 e. The molecule has 1 aliphatic rings. The molecule has 4 heteroatoms. The second-order valence-corrected chi connectivity index (χ2v) is 4.22. The number of hydrogen-bond donors (Lipinski definition) is 0. The van der Waals surface area contributed by atoms with Crippen LogP contribution >= 0.6 is 0 Å². The molecule has 0 spiro atoms. The van der Waals surface area contributed by atoms with Crippen LogP contribution < -0.4 is 0 Å². The minimum atomic E-state index is -0.693. The smallest absolute Gasteiger partial charge is 0.320 e. The maximum atomic E-state index is 11.4. The summed E-state index contributed by atoms with van der Waals surface area (Å²) in [7, 11) is 1.30. The molecule has 0 aliphatic carbocycles. The van der Waals surface area contributed by atoms with E-state index in [0.29, 0.717) is 6.42 Å². The monoisotopic (exact) mass is 228 g/mol. The van der Waals surface area contributed by atoms with Crippen LogP contribution in [0, 0.1) is 5.92 Å². The summed E-state index contributed by atoms with van der Waals surface area (Å²) in [6.45, 7) is 2.16. The molecule has 0 amide bonds. The van der Waals surface area contributed by atoms with E-state index in [4.69, 9.17) is 4.74 Å². The van der Waals surface area contributed by atoms with Gasteiger partial charge in [0.15, 0.2) is 5.92 Å². The van der Waals surface area contributed by atoms with Crippen LogP contribution in [0.2, 0.25) is 0 Å². The van der Waals surface area contributed by atoms with Gasteiger partial charge in [0.05, 0.1) is 7.11 Å². The summed E-state index contributed by atoms with van der Waals surface area (Å²) in [4.78, 5) is 22.6. The predicted molar refractivity (Wildman–Crippen MR) is 58.8 cm³/mol. The van der Waals surface area contributed by atoms with Gasteiger partial charge < -0.3 is 9.47 Å². The van der Waals surface area contributed by atoms with E-state index in [1.807, 2.05) is 0 Å². The SMILES string of the molecule is CCCCCCC1CC(C(=O)OC)C(=O)O1. The minimum absolute atomic E-state index is 0.0894. The number of carbonyl (C=O) groups is 2. The lowest BCUT2D eigenvalue weighted by Gasteiger charge is -2.07. The fourth-order valence-corrected chi connectivity index (χ4v) is 1.96. The highest BCUT2D eigenvalue weighted by Crippen LogP contribution is 2.25. The first kappa shape index (κ1) is 13.0. The highest BCUT2D eigenvalue weighted by molar-refractivity contribution is 5.96. The zero-order chi connectivity index (χ0) is 12.0. The van der Waals surface area contributed by atoms with Crippen molar-refractivity contribution in [1.29, 1.82) is 0 Å². The highest BCUT2D eigenvalue weighted by Gasteiger charge is 2.39. The van der Waals surface area contributed by atoms with Gasteiger partial charge in [-0.25, -0.2) is 0 Å². The summed E-state index contributed by atoms with van der Waals surface area (Å²) in [5.74, 6) is -1.59. The lowest BCUT2D eigenvalue weighted by molar-refractivity contribution is -0.154. The largest absolute Gasteiger partial charge is 0.468 e. The zero-order valence-corrected chi connectivity index (χ0v) is 10.0. The van der Waals surface area contributed by atoms with Gasteiger partial charge in [-0.2, -0.15) is 0 Å².